The highest BCUT2D eigenvalue weighted by atomic mass is 16.2. The van der Waals surface area contributed by atoms with Crippen LogP contribution in [0.2, 0.25) is 0 Å². The monoisotopic (exact) mass is 356 g/mol. The number of likely N-dealkylation sites (N-methyl/N-ethyl adjacent to an activating group) is 1. The Balaban J connectivity index is 1.46. The van der Waals surface area contributed by atoms with Gasteiger partial charge in [-0.05, 0) is 44.4 Å². The van der Waals surface area contributed by atoms with Gasteiger partial charge in [0.1, 0.15) is 5.82 Å². The lowest BCUT2D eigenvalue weighted by Crippen LogP contribution is -2.44. The second-order valence-corrected chi connectivity index (χ2v) is 7.67. The van der Waals surface area contributed by atoms with Crippen LogP contribution in [0.1, 0.15) is 56.7 Å². The van der Waals surface area contributed by atoms with E-state index < -0.39 is 0 Å². The summed E-state index contributed by atoms with van der Waals surface area (Å²) in [5, 5.41) is 7.80. The molecule has 1 saturated heterocycles. The van der Waals surface area contributed by atoms with E-state index in [0.717, 1.165) is 43.3 Å². The minimum atomic E-state index is 0.182. The van der Waals surface area contributed by atoms with E-state index in [-0.39, 0.29) is 11.9 Å². The molecule has 0 aromatic carbocycles. The summed E-state index contributed by atoms with van der Waals surface area (Å²) in [7, 11) is 1.97. The van der Waals surface area contributed by atoms with Crippen molar-refractivity contribution in [1.29, 1.82) is 0 Å². The third-order valence-corrected chi connectivity index (χ3v) is 6.03. The van der Waals surface area contributed by atoms with Gasteiger partial charge in [-0.1, -0.05) is 19.3 Å². The SMILES string of the molecule is CN(C(=O)CN1CCC[C@H]1c1ccc2c(N)[nH]nc2n1)C1CCCCC1. The average molecular weight is 356 g/mol. The number of fused-ring (bicyclic) bond motifs is 1. The van der Waals surface area contributed by atoms with E-state index >= 15 is 0 Å². The van der Waals surface area contributed by atoms with Crippen LogP contribution < -0.4 is 5.73 Å². The molecule has 0 radical (unpaired) electrons. The van der Waals surface area contributed by atoms with E-state index in [9.17, 15) is 4.79 Å². The summed E-state index contributed by atoms with van der Waals surface area (Å²) in [4.78, 5) is 21.8. The summed E-state index contributed by atoms with van der Waals surface area (Å²) in [6.07, 6.45) is 8.19. The van der Waals surface area contributed by atoms with E-state index in [4.69, 9.17) is 5.73 Å². The molecule has 1 saturated carbocycles. The fraction of sp³-hybridized carbons (Fsp3) is 0.632. The van der Waals surface area contributed by atoms with Gasteiger partial charge in [-0.3, -0.25) is 14.8 Å². The molecule has 1 amide bonds. The minimum Gasteiger partial charge on any atom is -0.384 e. The van der Waals surface area contributed by atoms with Crippen LogP contribution >= 0.6 is 0 Å². The Kier molecular flexibility index (Phi) is 4.80. The number of nitrogens with two attached hydrogens (primary N) is 1. The second-order valence-electron chi connectivity index (χ2n) is 7.67. The average Bonchev–Trinajstić information content (AvgIpc) is 3.28. The van der Waals surface area contributed by atoms with Crippen LogP contribution in [0.15, 0.2) is 12.1 Å². The lowest BCUT2D eigenvalue weighted by atomic mass is 9.94. The summed E-state index contributed by atoms with van der Waals surface area (Å²) < 4.78 is 0. The van der Waals surface area contributed by atoms with Gasteiger partial charge < -0.3 is 10.6 Å². The molecule has 7 nitrogen and oxygen atoms in total. The summed E-state index contributed by atoms with van der Waals surface area (Å²) in [6.45, 7) is 1.41. The highest BCUT2D eigenvalue weighted by Crippen LogP contribution is 2.32. The zero-order chi connectivity index (χ0) is 18.1. The number of H-pyrrole nitrogens is 1. The number of carbonyl (C=O) groups excluding carboxylic acids is 1. The number of hydrogen-bond acceptors (Lipinski definition) is 5. The molecule has 3 N–H and O–H groups in total. The first-order valence-electron chi connectivity index (χ1n) is 9.73. The van der Waals surface area contributed by atoms with Gasteiger partial charge in [0.05, 0.1) is 23.7 Å². The maximum atomic E-state index is 12.8. The van der Waals surface area contributed by atoms with Gasteiger partial charge in [-0.25, -0.2) is 4.98 Å². The Morgan fingerprint density at radius 2 is 2.08 bits per heavy atom. The maximum absolute atomic E-state index is 12.8. The van der Waals surface area contributed by atoms with Gasteiger partial charge in [0.15, 0.2) is 5.65 Å². The molecule has 0 unspecified atom stereocenters. The van der Waals surface area contributed by atoms with Crippen molar-refractivity contribution in [1.82, 2.24) is 25.0 Å². The minimum absolute atomic E-state index is 0.182. The van der Waals surface area contributed by atoms with Crippen molar-refractivity contribution in [3.8, 4) is 0 Å². The van der Waals surface area contributed by atoms with Crippen molar-refractivity contribution in [3.63, 3.8) is 0 Å². The molecule has 26 heavy (non-hydrogen) atoms. The Morgan fingerprint density at radius 3 is 2.88 bits per heavy atom. The number of hydrogen-bond donors (Lipinski definition) is 2. The zero-order valence-electron chi connectivity index (χ0n) is 15.4. The number of nitrogens with one attached hydrogen (secondary N) is 1. The Labute approximate surface area is 153 Å². The number of likely N-dealkylation sites (tertiary alicyclic amines) is 1. The van der Waals surface area contributed by atoms with Crippen molar-refractivity contribution in [3.05, 3.63) is 17.8 Å². The number of aromatic nitrogens is 3. The van der Waals surface area contributed by atoms with Crippen molar-refractivity contribution in [2.75, 3.05) is 25.9 Å². The summed E-state index contributed by atoms with van der Waals surface area (Å²) >= 11 is 0. The first-order valence-corrected chi connectivity index (χ1v) is 9.73. The smallest absolute Gasteiger partial charge is 0.236 e. The number of amides is 1. The number of aromatic amines is 1. The molecule has 3 heterocycles. The lowest BCUT2D eigenvalue weighted by molar-refractivity contribution is -0.134. The maximum Gasteiger partial charge on any atom is 0.236 e. The highest BCUT2D eigenvalue weighted by molar-refractivity contribution is 5.85. The Hall–Kier alpha value is -2.15. The van der Waals surface area contributed by atoms with Gasteiger partial charge in [0.25, 0.3) is 0 Å². The molecule has 140 valence electrons. The number of nitrogens with zero attached hydrogens (tertiary/aromatic N) is 4. The standard InChI is InChI=1S/C19H28N6O/c1-24(13-6-3-2-4-7-13)17(26)12-25-11-5-8-16(25)15-10-9-14-18(20)22-23-19(14)21-15/h9-10,13,16H,2-8,11-12H2,1H3,(H3,20,21,22,23)/t16-/m0/s1. The first-order chi connectivity index (χ1) is 12.6. The number of pyridine rings is 1. The zero-order valence-corrected chi connectivity index (χ0v) is 15.4. The molecular weight excluding hydrogens is 328 g/mol. The van der Waals surface area contributed by atoms with Crippen LogP contribution in [0.25, 0.3) is 11.0 Å². The summed E-state index contributed by atoms with van der Waals surface area (Å²) in [5.74, 6) is 0.778. The van der Waals surface area contributed by atoms with Crippen molar-refractivity contribution in [2.24, 2.45) is 0 Å². The molecule has 4 rings (SSSR count). The molecular formula is C19H28N6O. The van der Waals surface area contributed by atoms with Crippen LogP contribution in [0.4, 0.5) is 5.82 Å². The first kappa shape index (κ1) is 17.3. The highest BCUT2D eigenvalue weighted by Gasteiger charge is 2.31. The van der Waals surface area contributed by atoms with Crippen LogP contribution in [0.3, 0.4) is 0 Å². The lowest BCUT2D eigenvalue weighted by Gasteiger charge is -2.33. The largest absolute Gasteiger partial charge is 0.384 e. The van der Waals surface area contributed by atoms with Crippen LogP contribution in [0, 0.1) is 0 Å². The van der Waals surface area contributed by atoms with Gasteiger partial charge in [0, 0.05) is 13.1 Å². The summed E-state index contributed by atoms with van der Waals surface area (Å²) in [6, 6.07) is 4.59. The van der Waals surface area contributed by atoms with Crippen LogP contribution in [-0.2, 0) is 4.79 Å². The van der Waals surface area contributed by atoms with Crippen LogP contribution in [0.5, 0.6) is 0 Å². The quantitative estimate of drug-likeness (QED) is 0.878. The van der Waals surface area contributed by atoms with E-state index in [2.05, 4.69) is 20.1 Å². The van der Waals surface area contributed by atoms with Crippen LogP contribution in [-0.4, -0.2) is 57.1 Å². The molecule has 1 atom stereocenters. The van der Waals surface area contributed by atoms with Crippen molar-refractivity contribution >= 4 is 22.8 Å². The molecule has 1 aliphatic heterocycles. The van der Waals surface area contributed by atoms with Gasteiger partial charge in [-0.15, -0.1) is 0 Å². The third-order valence-electron chi connectivity index (χ3n) is 6.03. The third kappa shape index (κ3) is 3.28. The predicted octanol–water partition coefficient (Wildman–Crippen LogP) is 2.47. The fourth-order valence-corrected chi connectivity index (χ4v) is 4.43. The molecule has 0 spiro atoms. The molecule has 2 aliphatic rings. The normalized spacial score (nSPS) is 22.1. The molecule has 1 aliphatic carbocycles. The number of carbonyl (C=O) groups is 1. The predicted molar refractivity (Wildman–Crippen MR) is 101 cm³/mol. The van der Waals surface area contributed by atoms with E-state index in [1.807, 2.05) is 24.1 Å². The topological polar surface area (TPSA) is 91.1 Å². The number of rotatable bonds is 4. The van der Waals surface area contributed by atoms with Gasteiger partial charge in [0.2, 0.25) is 5.91 Å². The fourth-order valence-electron chi connectivity index (χ4n) is 4.43. The van der Waals surface area contributed by atoms with E-state index in [1.54, 1.807) is 0 Å². The second kappa shape index (κ2) is 7.23. The number of nitrogen functional groups attached to an aromatic ring is 1. The van der Waals surface area contributed by atoms with E-state index in [1.165, 1.54) is 19.3 Å². The summed E-state index contributed by atoms with van der Waals surface area (Å²) in [5.41, 5.74) is 7.49. The molecule has 2 fully saturated rings. The molecule has 7 heteroatoms. The van der Waals surface area contributed by atoms with Gasteiger partial charge in [-0.2, -0.15) is 5.10 Å². The Bertz CT molecular complexity index is 781. The van der Waals surface area contributed by atoms with Crippen molar-refractivity contribution < 1.29 is 4.79 Å². The molecule has 2 aromatic rings. The molecule has 2 aromatic heterocycles. The van der Waals surface area contributed by atoms with E-state index in [0.29, 0.717) is 24.1 Å². The molecule has 0 bridgehead atoms. The van der Waals surface area contributed by atoms with Crippen molar-refractivity contribution in [2.45, 2.75) is 57.0 Å². The number of anilines is 1. The van der Waals surface area contributed by atoms with Gasteiger partial charge >= 0.3 is 0 Å². The Morgan fingerprint density at radius 1 is 1.27 bits per heavy atom.